The number of rotatable bonds is 3. The highest BCUT2D eigenvalue weighted by atomic mass is 16.3. The van der Waals surface area contributed by atoms with E-state index >= 15 is 0 Å². The molecule has 0 amide bonds. The number of pyridine rings is 1. The molecule has 0 aliphatic carbocycles. The van der Waals surface area contributed by atoms with E-state index in [9.17, 15) is 5.11 Å². The number of nitrogens with one attached hydrogen (secondary N) is 1. The zero-order valence-electron chi connectivity index (χ0n) is 12.6. The summed E-state index contributed by atoms with van der Waals surface area (Å²) in [5, 5.41) is 10.4. The van der Waals surface area contributed by atoms with Gasteiger partial charge in [0, 0.05) is 55.5 Å². The summed E-state index contributed by atoms with van der Waals surface area (Å²) in [5.41, 5.74) is 9.39. The molecule has 1 saturated heterocycles. The highest BCUT2D eigenvalue weighted by molar-refractivity contribution is 6.02. The number of nitrogen functional groups attached to an aromatic ring is 1. The summed E-state index contributed by atoms with van der Waals surface area (Å²) in [5.74, 6) is 0.583. The van der Waals surface area contributed by atoms with Crippen molar-refractivity contribution in [3.8, 4) is 11.3 Å². The van der Waals surface area contributed by atoms with E-state index in [1.165, 1.54) is 0 Å². The molecule has 0 radical (unpaired) electrons. The summed E-state index contributed by atoms with van der Waals surface area (Å²) in [6.45, 7) is 2.01. The van der Waals surface area contributed by atoms with E-state index in [1.807, 2.05) is 18.3 Å². The zero-order valence-corrected chi connectivity index (χ0v) is 12.6. The molecular weight excluding hydrogens is 292 g/mol. The van der Waals surface area contributed by atoms with Crippen LogP contribution in [0.4, 0.5) is 11.6 Å². The van der Waals surface area contributed by atoms with E-state index in [-0.39, 0.29) is 12.6 Å². The minimum Gasteiger partial charge on any atom is -0.396 e. The van der Waals surface area contributed by atoms with Gasteiger partial charge in [-0.2, -0.15) is 0 Å². The number of aliphatic hydroxyl groups excluding tert-OH is 1. The third kappa shape index (κ3) is 2.39. The van der Waals surface area contributed by atoms with Gasteiger partial charge in [-0.25, -0.2) is 15.0 Å². The average molecular weight is 310 g/mol. The van der Waals surface area contributed by atoms with E-state index in [2.05, 4.69) is 24.8 Å². The van der Waals surface area contributed by atoms with Gasteiger partial charge in [-0.15, -0.1) is 0 Å². The van der Waals surface area contributed by atoms with Crippen LogP contribution in [0, 0.1) is 5.92 Å². The summed E-state index contributed by atoms with van der Waals surface area (Å²) in [6, 6.07) is 3.86. The molecule has 4 heterocycles. The summed E-state index contributed by atoms with van der Waals surface area (Å²) in [7, 11) is 0. The molecular formula is C16H18N6O. The molecule has 0 aromatic carbocycles. The largest absolute Gasteiger partial charge is 0.396 e. The van der Waals surface area contributed by atoms with E-state index < -0.39 is 0 Å². The van der Waals surface area contributed by atoms with Gasteiger partial charge in [-0.05, 0) is 18.6 Å². The molecule has 0 bridgehead atoms. The van der Waals surface area contributed by atoms with Gasteiger partial charge in [0.05, 0.1) is 11.1 Å². The van der Waals surface area contributed by atoms with Crippen LogP contribution in [0.1, 0.15) is 6.42 Å². The summed E-state index contributed by atoms with van der Waals surface area (Å²) < 4.78 is 0. The molecule has 0 spiro atoms. The van der Waals surface area contributed by atoms with Crippen molar-refractivity contribution in [1.82, 2.24) is 19.9 Å². The molecule has 1 fully saturated rings. The fourth-order valence-corrected chi connectivity index (χ4v) is 3.23. The van der Waals surface area contributed by atoms with Crippen LogP contribution >= 0.6 is 0 Å². The molecule has 0 saturated carbocycles. The van der Waals surface area contributed by atoms with Crippen LogP contribution in [0.25, 0.3) is 22.3 Å². The second-order valence-corrected chi connectivity index (χ2v) is 5.84. The quantitative estimate of drug-likeness (QED) is 0.676. The fraction of sp³-hybridized carbons (Fsp3) is 0.312. The molecule has 1 atom stereocenters. The number of aromatic nitrogens is 4. The highest BCUT2D eigenvalue weighted by Gasteiger charge is 2.25. The van der Waals surface area contributed by atoms with Crippen LogP contribution in [-0.4, -0.2) is 44.7 Å². The minimum absolute atomic E-state index is 0.229. The summed E-state index contributed by atoms with van der Waals surface area (Å²) >= 11 is 0. The van der Waals surface area contributed by atoms with Gasteiger partial charge in [0.15, 0.2) is 0 Å². The molecule has 4 N–H and O–H groups in total. The minimum atomic E-state index is 0.229. The molecule has 4 rings (SSSR count). The molecule has 0 unspecified atom stereocenters. The molecule has 1 aliphatic rings. The molecule has 118 valence electrons. The Hall–Kier alpha value is -2.67. The Morgan fingerprint density at radius 1 is 1.30 bits per heavy atom. The van der Waals surface area contributed by atoms with Gasteiger partial charge >= 0.3 is 0 Å². The van der Waals surface area contributed by atoms with Crippen molar-refractivity contribution in [3.63, 3.8) is 0 Å². The molecule has 1 aliphatic heterocycles. The lowest BCUT2D eigenvalue weighted by Gasteiger charge is -2.20. The van der Waals surface area contributed by atoms with E-state index in [0.29, 0.717) is 5.92 Å². The SMILES string of the molecule is Nc1nccc(-c2c[nH]c3nccc(N4CC[C@H](CO)C4)c23)n1. The first-order chi connectivity index (χ1) is 11.3. The van der Waals surface area contributed by atoms with Crippen LogP contribution in [0.2, 0.25) is 0 Å². The number of fused-ring (bicyclic) bond motifs is 1. The van der Waals surface area contributed by atoms with Crippen molar-refractivity contribution in [2.75, 3.05) is 30.3 Å². The van der Waals surface area contributed by atoms with Gasteiger partial charge in [-0.1, -0.05) is 0 Å². The number of hydrogen-bond acceptors (Lipinski definition) is 6. The number of hydrogen-bond donors (Lipinski definition) is 3. The second kappa shape index (κ2) is 5.51. The van der Waals surface area contributed by atoms with Crippen LogP contribution in [-0.2, 0) is 0 Å². The van der Waals surface area contributed by atoms with E-state index in [1.54, 1.807) is 12.4 Å². The van der Waals surface area contributed by atoms with Gasteiger partial charge in [0.2, 0.25) is 5.95 Å². The number of H-pyrrole nitrogens is 1. The fourth-order valence-electron chi connectivity index (χ4n) is 3.23. The van der Waals surface area contributed by atoms with Crippen molar-refractivity contribution < 1.29 is 5.11 Å². The van der Waals surface area contributed by atoms with Crippen molar-refractivity contribution in [3.05, 3.63) is 30.7 Å². The normalized spacial score (nSPS) is 18.0. The molecule has 3 aromatic rings. The number of nitrogens with zero attached hydrogens (tertiary/aromatic N) is 4. The van der Waals surface area contributed by atoms with Crippen LogP contribution < -0.4 is 10.6 Å². The third-order valence-corrected chi connectivity index (χ3v) is 4.39. The highest BCUT2D eigenvalue weighted by Crippen LogP contribution is 2.36. The molecule has 7 heteroatoms. The average Bonchev–Trinajstić information content (AvgIpc) is 3.21. The molecule has 3 aromatic heterocycles. The van der Waals surface area contributed by atoms with Crippen molar-refractivity contribution in [2.45, 2.75) is 6.42 Å². The first-order valence-corrected chi connectivity index (χ1v) is 7.67. The molecule has 23 heavy (non-hydrogen) atoms. The lowest BCUT2D eigenvalue weighted by atomic mass is 10.1. The Labute approximate surface area is 133 Å². The van der Waals surface area contributed by atoms with Crippen molar-refractivity contribution in [2.24, 2.45) is 5.92 Å². The standard InChI is InChI=1S/C16H18N6O/c17-16-19-4-1-12(21-16)11-7-20-15-14(11)13(2-5-18-15)22-6-3-10(8-22)9-23/h1-2,4-5,7,10,23H,3,6,8-9H2,(H,18,20)(H2,17,19,21)/t10-/m0/s1. The van der Waals surface area contributed by atoms with E-state index in [0.717, 1.165) is 47.5 Å². The lowest BCUT2D eigenvalue weighted by molar-refractivity contribution is 0.238. The topological polar surface area (TPSA) is 104 Å². The summed E-state index contributed by atoms with van der Waals surface area (Å²) in [6.07, 6.45) is 6.37. The van der Waals surface area contributed by atoms with E-state index in [4.69, 9.17) is 5.73 Å². The Bertz CT molecular complexity index is 845. The second-order valence-electron chi connectivity index (χ2n) is 5.84. The van der Waals surface area contributed by atoms with Crippen molar-refractivity contribution in [1.29, 1.82) is 0 Å². The Balaban J connectivity index is 1.84. The van der Waals surface area contributed by atoms with Crippen LogP contribution in [0.5, 0.6) is 0 Å². The predicted octanol–water partition coefficient (Wildman–Crippen LogP) is 1.42. The van der Waals surface area contributed by atoms with Crippen LogP contribution in [0.3, 0.4) is 0 Å². The first kappa shape index (κ1) is 14.0. The Morgan fingerprint density at radius 2 is 2.17 bits per heavy atom. The number of aliphatic hydroxyl groups is 1. The smallest absolute Gasteiger partial charge is 0.220 e. The van der Waals surface area contributed by atoms with Crippen LogP contribution in [0.15, 0.2) is 30.7 Å². The molecule has 7 nitrogen and oxygen atoms in total. The Kier molecular flexibility index (Phi) is 3.34. The summed E-state index contributed by atoms with van der Waals surface area (Å²) in [4.78, 5) is 18.2. The van der Waals surface area contributed by atoms with Gasteiger partial charge < -0.3 is 20.7 Å². The Morgan fingerprint density at radius 3 is 2.96 bits per heavy atom. The monoisotopic (exact) mass is 310 g/mol. The van der Waals surface area contributed by atoms with Gasteiger partial charge in [0.1, 0.15) is 5.65 Å². The number of anilines is 2. The van der Waals surface area contributed by atoms with Crippen molar-refractivity contribution >= 4 is 22.7 Å². The maximum Gasteiger partial charge on any atom is 0.220 e. The number of nitrogens with two attached hydrogens (primary N) is 1. The number of aromatic amines is 1. The first-order valence-electron chi connectivity index (χ1n) is 7.67. The predicted molar refractivity (Wildman–Crippen MR) is 88.9 cm³/mol. The van der Waals surface area contributed by atoms with Gasteiger partial charge in [0.25, 0.3) is 0 Å². The zero-order chi connectivity index (χ0) is 15.8. The lowest BCUT2D eigenvalue weighted by Crippen LogP contribution is -2.20. The maximum absolute atomic E-state index is 9.39. The maximum atomic E-state index is 9.39. The third-order valence-electron chi connectivity index (χ3n) is 4.39. The van der Waals surface area contributed by atoms with Gasteiger partial charge in [-0.3, -0.25) is 0 Å².